The summed E-state index contributed by atoms with van der Waals surface area (Å²) in [6.07, 6.45) is -2.73. The van der Waals surface area contributed by atoms with Gasteiger partial charge in [0.25, 0.3) is 0 Å². The minimum absolute atomic E-state index is 0.199. The van der Waals surface area contributed by atoms with E-state index in [9.17, 15) is 18.0 Å². The molecule has 108 valence electrons. The number of hydrogen-bond donors (Lipinski definition) is 0. The van der Waals surface area contributed by atoms with Crippen molar-refractivity contribution in [3.8, 4) is 0 Å². The summed E-state index contributed by atoms with van der Waals surface area (Å²) in [6, 6.07) is -1.13. The highest BCUT2D eigenvalue weighted by Gasteiger charge is 2.46. The van der Waals surface area contributed by atoms with Crippen LogP contribution in [0, 0.1) is 0 Å². The topological polar surface area (TPSA) is 78.5 Å². The third-order valence-corrected chi connectivity index (χ3v) is 2.54. The van der Waals surface area contributed by atoms with E-state index < -0.39 is 27.4 Å². The molecule has 2 aromatic rings. The Hall–Kier alpha value is -1.39. The Balaban J connectivity index is 2.61. The van der Waals surface area contributed by atoms with E-state index in [2.05, 4.69) is 20.6 Å². The Morgan fingerprint density at radius 2 is 1.85 bits per heavy atom. The van der Waals surface area contributed by atoms with E-state index >= 15 is 0 Å². The van der Waals surface area contributed by atoms with Crippen LogP contribution in [0.1, 0.15) is 11.4 Å². The van der Waals surface area contributed by atoms with Gasteiger partial charge in [-0.3, -0.25) is 0 Å². The molecular weight excluding hydrogens is 347 g/mol. The SMILES string of the molecule is O=C(n1ccnn1)n1nnc(C(F)(F)F)c1C(Cl)(Cl)Cl. The molecule has 2 heterocycles. The molecule has 0 radical (unpaired) electrons. The van der Waals surface area contributed by atoms with E-state index in [1.54, 1.807) is 0 Å². The number of aromatic nitrogens is 6. The highest BCUT2D eigenvalue weighted by molar-refractivity contribution is 6.66. The molecule has 0 saturated carbocycles. The van der Waals surface area contributed by atoms with Crippen molar-refractivity contribution in [2.75, 3.05) is 0 Å². The lowest BCUT2D eigenvalue weighted by molar-refractivity contribution is -0.141. The summed E-state index contributed by atoms with van der Waals surface area (Å²) in [5.74, 6) is 0. The van der Waals surface area contributed by atoms with Gasteiger partial charge in [-0.15, -0.1) is 10.2 Å². The van der Waals surface area contributed by atoms with Gasteiger partial charge in [-0.25, -0.2) is 4.79 Å². The lowest BCUT2D eigenvalue weighted by Gasteiger charge is -2.14. The summed E-state index contributed by atoms with van der Waals surface area (Å²) in [7, 11) is 0. The number of nitrogens with zero attached hydrogens (tertiary/aromatic N) is 6. The van der Waals surface area contributed by atoms with Crippen LogP contribution in [0.15, 0.2) is 12.4 Å². The summed E-state index contributed by atoms with van der Waals surface area (Å²) in [4.78, 5) is 11.9. The van der Waals surface area contributed by atoms with E-state index in [1.165, 1.54) is 0 Å². The Kier molecular flexibility index (Phi) is 3.65. The van der Waals surface area contributed by atoms with Gasteiger partial charge in [-0.2, -0.15) is 22.5 Å². The Bertz CT molecular complexity index is 631. The number of hydrogen-bond acceptors (Lipinski definition) is 5. The lowest BCUT2D eigenvalue weighted by Crippen LogP contribution is -2.27. The van der Waals surface area contributed by atoms with Crippen LogP contribution in [-0.4, -0.2) is 36.0 Å². The monoisotopic (exact) mass is 348 g/mol. The molecule has 0 aromatic carbocycles. The van der Waals surface area contributed by atoms with Crippen LogP contribution in [-0.2, 0) is 9.97 Å². The number of halogens is 6. The first-order chi connectivity index (χ1) is 9.12. The first-order valence-electron chi connectivity index (χ1n) is 4.63. The fourth-order valence-electron chi connectivity index (χ4n) is 1.27. The Morgan fingerprint density at radius 1 is 1.20 bits per heavy atom. The number of carbonyl (C=O) groups is 1. The number of carbonyl (C=O) groups excluding carboxylic acids is 1. The zero-order valence-electron chi connectivity index (χ0n) is 9.01. The third-order valence-electron chi connectivity index (χ3n) is 2.01. The molecule has 0 aliphatic heterocycles. The van der Waals surface area contributed by atoms with Gasteiger partial charge >= 0.3 is 12.2 Å². The summed E-state index contributed by atoms with van der Waals surface area (Å²) < 4.78 is 36.5. The second kappa shape index (κ2) is 4.86. The molecule has 0 amide bonds. The smallest absolute Gasteiger partial charge is 0.243 e. The Morgan fingerprint density at radius 3 is 2.30 bits per heavy atom. The van der Waals surface area contributed by atoms with Crippen molar-refractivity contribution in [3.05, 3.63) is 23.8 Å². The minimum Gasteiger partial charge on any atom is -0.243 e. The van der Waals surface area contributed by atoms with Gasteiger partial charge in [-0.1, -0.05) is 45.2 Å². The van der Waals surface area contributed by atoms with Gasteiger partial charge in [0, 0.05) is 0 Å². The predicted octanol–water partition coefficient (Wildman–Crippen LogP) is 2.23. The van der Waals surface area contributed by atoms with Crippen molar-refractivity contribution in [2.24, 2.45) is 0 Å². The molecule has 0 N–H and O–H groups in total. The maximum absolute atomic E-state index is 12.8. The van der Waals surface area contributed by atoms with Crippen molar-refractivity contribution in [2.45, 2.75) is 9.97 Å². The molecule has 7 nitrogen and oxygen atoms in total. The van der Waals surface area contributed by atoms with Crippen LogP contribution >= 0.6 is 34.8 Å². The zero-order chi connectivity index (χ0) is 15.1. The van der Waals surface area contributed by atoms with Gasteiger partial charge in [0.15, 0.2) is 5.69 Å². The second-order valence-corrected chi connectivity index (χ2v) is 5.61. The molecule has 13 heteroatoms. The van der Waals surface area contributed by atoms with Crippen LogP contribution in [0.5, 0.6) is 0 Å². The van der Waals surface area contributed by atoms with Crippen molar-refractivity contribution < 1.29 is 18.0 Å². The van der Waals surface area contributed by atoms with Gasteiger partial charge in [-0.05, 0) is 0 Å². The molecular formula is C7H2Cl3F3N6O. The van der Waals surface area contributed by atoms with Crippen molar-refractivity contribution in [3.63, 3.8) is 0 Å². The fraction of sp³-hybridized carbons (Fsp3) is 0.286. The molecule has 0 unspecified atom stereocenters. The summed E-state index contributed by atoms with van der Waals surface area (Å²) in [5.41, 5.74) is -2.61. The quantitative estimate of drug-likeness (QED) is 0.682. The third kappa shape index (κ3) is 2.72. The van der Waals surface area contributed by atoms with Crippen molar-refractivity contribution in [1.82, 2.24) is 30.0 Å². The van der Waals surface area contributed by atoms with Crippen LogP contribution in [0.25, 0.3) is 0 Å². The molecule has 2 aromatic heterocycles. The molecule has 0 atom stereocenters. The van der Waals surface area contributed by atoms with Crippen LogP contribution < -0.4 is 0 Å². The highest BCUT2D eigenvalue weighted by Crippen LogP contribution is 2.43. The van der Waals surface area contributed by atoms with Gasteiger partial charge < -0.3 is 0 Å². The lowest BCUT2D eigenvalue weighted by atomic mass is 10.3. The van der Waals surface area contributed by atoms with E-state index in [1.807, 2.05) is 0 Å². The number of rotatable bonds is 0. The highest BCUT2D eigenvalue weighted by atomic mass is 35.6. The molecule has 2 rings (SSSR count). The molecule has 0 aliphatic rings. The first-order valence-corrected chi connectivity index (χ1v) is 5.77. The average molecular weight is 349 g/mol. The van der Waals surface area contributed by atoms with E-state index in [0.29, 0.717) is 4.68 Å². The molecule has 20 heavy (non-hydrogen) atoms. The Labute approximate surface area is 123 Å². The maximum Gasteiger partial charge on any atom is 0.437 e. The van der Waals surface area contributed by atoms with Gasteiger partial charge in [0.05, 0.1) is 12.4 Å². The normalized spacial score (nSPS) is 12.7. The summed E-state index contributed by atoms with van der Waals surface area (Å²) >= 11 is 16.4. The molecule has 0 saturated heterocycles. The standard InChI is InChI=1S/C7H2Cl3F3N6O/c8-6(9,10)4-3(7(11,12)13)15-17-19(4)5(20)18-2-1-14-16-18/h1-2H. The average Bonchev–Trinajstić information content (AvgIpc) is 2.95. The summed E-state index contributed by atoms with van der Waals surface area (Å²) in [6.45, 7) is 0. The molecule has 0 bridgehead atoms. The van der Waals surface area contributed by atoms with Crippen molar-refractivity contribution >= 4 is 40.8 Å². The van der Waals surface area contributed by atoms with E-state index in [0.717, 1.165) is 12.4 Å². The fourth-order valence-corrected chi connectivity index (χ4v) is 1.78. The second-order valence-electron chi connectivity index (χ2n) is 3.32. The first kappa shape index (κ1) is 15.0. The molecule has 0 spiro atoms. The van der Waals surface area contributed by atoms with E-state index in [-0.39, 0.29) is 4.68 Å². The molecule has 0 fully saturated rings. The van der Waals surface area contributed by atoms with Crippen LogP contribution in [0.3, 0.4) is 0 Å². The zero-order valence-corrected chi connectivity index (χ0v) is 11.3. The van der Waals surface area contributed by atoms with Crippen LogP contribution in [0.4, 0.5) is 18.0 Å². The van der Waals surface area contributed by atoms with Gasteiger partial charge in [0.2, 0.25) is 3.79 Å². The minimum atomic E-state index is -4.94. The van der Waals surface area contributed by atoms with Crippen LogP contribution in [0.2, 0.25) is 0 Å². The van der Waals surface area contributed by atoms with Gasteiger partial charge in [0.1, 0.15) is 5.69 Å². The molecule has 0 aliphatic carbocycles. The van der Waals surface area contributed by atoms with Crippen molar-refractivity contribution in [1.29, 1.82) is 0 Å². The maximum atomic E-state index is 12.8. The number of alkyl halides is 6. The summed E-state index contributed by atoms with van der Waals surface area (Å²) in [5, 5.41) is 12.5. The largest absolute Gasteiger partial charge is 0.437 e. The predicted molar refractivity (Wildman–Crippen MR) is 60.5 cm³/mol. The van der Waals surface area contributed by atoms with E-state index in [4.69, 9.17) is 34.8 Å².